The van der Waals surface area contributed by atoms with Crippen LogP contribution in [0.2, 0.25) is 0 Å². The Morgan fingerprint density at radius 1 is 0.897 bits per heavy atom. The van der Waals surface area contributed by atoms with Crippen LogP contribution in [0.25, 0.3) is 0 Å². The minimum absolute atomic E-state index is 0. The van der Waals surface area contributed by atoms with Crippen molar-refractivity contribution < 1.29 is 32.9 Å². The lowest BCUT2D eigenvalue weighted by Gasteiger charge is -2.30. The minimum Gasteiger partial charge on any atom is -0.497 e. The lowest BCUT2D eigenvalue weighted by Crippen LogP contribution is -2.49. The van der Waals surface area contributed by atoms with Crippen LogP contribution in [0.5, 0.6) is 11.5 Å². The van der Waals surface area contributed by atoms with E-state index in [1.54, 1.807) is 30.3 Å². The summed E-state index contributed by atoms with van der Waals surface area (Å²) in [5.74, 6) is -0.774. The fourth-order valence-electron chi connectivity index (χ4n) is 3.99. The van der Waals surface area contributed by atoms with E-state index in [-0.39, 0.29) is 30.4 Å². The van der Waals surface area contributed by atoms with Gasteiger partial charge < -0.3 is 30.3 Å². The highest BCUT2D eigenvalue weighted by Gasteiger charge is 2.31. The molecule has 3 rings (SSSR count). The Balaban J connectivity index is 0.00000533. The molecule has 9 nitrogen and oxygen atoms in total. The summed E-state index contributed by atoms with van der Waals surface area (Å²) >= 11 is 0. The first kappa shape index (κ1) is 32.1. The number of hydrogen-bond acceptors (Lipinski definition) is 8. The van der Waals surface area contributed by atoms with Crippen molar-refractivity contribution in [2.75, 3.05) is 26.5 Å². The zero-order chi connectivity index (χ0) is 27.7. The molecule has 11 heteroatoms. The number of aliphatic hydroxyl groups is 2. The summed E-state index contributed by atoms with van der Waals surface area (Å²) in [5.41, 5.74) is 7.84. The van der Waals surface area contributed by atoms with Gasteiger partial charge in [0.1, 0.15) is 17.6 Å². The molecule has 0 bridgehead atoms. The van der Waals surface area contributed by atoms with E-state index in [1.165, 1.54) is 37.3 Å². The topological polar surface area (TPSA) is 139 Å². The van der Waals surface area contributed by atoms with Crippen LogP contribution < -0.4 is 15.2 Å². The van der Waals surface area contributed by atoms with E-state index in [2.05, 4.69) is 0 Å². The van der Waals surface area contributed by atoms with Gasteiger partial charge in [-0.1, -0.05) is 48.5 Å². The van der Waals surface area contributed by atoms with Crippen LogP contribution in [0.1, 0.15) is 11.1 Å². The predicted octanol–water partition coefficient (Wildman–Crippen LogP) is 2.22. The fraction of sp³-hybridized carbons (Fsp3) is 0.321. The Morgan fingerprint density at radius 2 is 1.49 bits per heavy atom. The molecule has 0 saturated heterocycles. The first-order valence-corrected chi connectivity index (χ1v) is 13.7. The van der Waals surface area contributed by atoms with Gasteiger partial charge in [-0.3, -0.25) is 4.79 Å². The molecule has 39 heavy (non-hydrogen) atoms. The van der Waals surface area contributed by atoms with E-state index in [9.17, 15) is 23.4 Å². The van der Waals surface area contributed by atoms with Crippen molar-refractivity contribution in [1.29, 1.82) is 0 Å². The van der Waals surface area contributed by atoms with Crippen molar-refractivity contribution in [3.63, 3.8) is 0 Å². The summed E-state index contributed by atoms with van der Waals surface area (Å²) in [6.07, 6.45) is -2.63. The van der Waals surface area contributed by atoms with Crippen molar-refractivity contribution >= 4 is 28.2 Å². The van der Waals surface area contributed by atoms with Gasteiger partial charge >= 0.3 is 0 Å². The second-order valence-electron chi connectivity index (χ2n) is 8.97. The molecule has 0 heterocycles. The highest BCUT2D eigenvalue weighted by Crippen LogP contribution is 2.20. The quantitative estimate of drug-likeness (QED) is 0.280. The van der Waals surface area contributed by atoms with Crippen LogP contribution in [0, 0.1) is 0 Å². The normalized spacial score (nSPS) is 13.5. The van der Waals surface area contributed by atoms with Crippen LogP contribution in [0.15, 0.2) is 83.8 Å². The van der Waals surface area contributed by atoms with Crippen molar-refractivity contribution in [1.82, 2.24) is 4.90 Å². The first-order chi connectivity index (χ1) is 18.1. The molecule has 3 aromatic rings. The number of carbonyl (C=O) groups excluding carboxylic acids is 1. The number of ether oxygens (including phenoxy) is 2. The molecule has 0 aliphatic rings. The standard InChI is InChI=1S/C28H34N2O7S.ClH/c1-36-22-11-6-10-21(14-22)17-30(18-26(31)25(29)15-20-8-4-3-5-9-20)28(33)27(32)19-38(34,35)24-13-7-12-23(16-24)37-2;/h3-14,16,25-27,31-32H,15,17-19,29H2,1-2H3;1H/t25-,26+,27?;/m0./s1. The van der Waals surface area contributed by atoms with Gasteiger partial charge in [0, 0.05) is 19.1 Å². The van der Waals surface area contributed by atoms with Crippen LogP contribution in [0.3, 0.4) is 0 Å². The smallest absolute Gasteiger partial charge is 0.252 e. The van der Waals surface area contributed by atoms with E-state index in [1.807, 2.05) is 30.3 Å². The Labute approximate surface area is 235 Å². The lowest BCUT2D eigenvalue weighted by atomic mass is 10.0. The third-order valence-electron chi connectivity index (χ3n) is 6.10. The first-order valence-electron chi connectivity index (χ1n) is 12.1. The Hall–Kier alpha value is -3.15. The van der Waals surface area contributed by atoms with Gasteiger partial charge in [0.25, 0.3) is 5.91 Å². The molecule has 0 aliphatic carbocycles. The van der Waals surface area contributed by atoms with Crippen molar-refractivity contribution in [3.05, 3.63) is 90.0 Å². The van der Waals surface area contributed by atoms with E-state index in [0.717, 1.165) is 5.56 Å². The average Bonchev–Trinajstić information content (AvgIpc) is 2.92. The summed E-state index contributed by atoms with van der Waals surface area (Å²) in [4.78, 5) is 14.5. The van der Waals surface area contributed by atoms with Gasteiger partial charge in [-0.2, -0.15) is 0 Å². The zero-order valence-electron chi connectivity index (χ0n) is 21.8. The van der Waals surface area contributed by atoms with Crippen molar-refractivity contribution in [2.24, 2.45) is 5.73 Å². The van der Waals surface area contributed by atoms with Gasteiger partial charge in [0.2, 0.25) is 0 Å². The van der Waals surface area contributed by atoms with Crippen LogP contribution >= 0.6 is 12.4 Å². The molecule has 1 unspecified atom stereocenters. The highest BCUT2D eigenvalue weighted by atomic mass is 35.5. The second-order valence-corrected chi connectivity index (χ2v) is 11.0. The number of halogens is 1. The number of carbonyl (C=O) groups is 1. The summed E-state index contributed by atoms with van der Waals surface area (Å²) in [7, 11) is -1.10. The van der Waals surface area contributed by atoms with Crippen LogP contribution in [-0.2, 0) is 27.6 Å². The Bertz CT molecular complexity index is 1310. The molecule has 0 saturated carbocycles. The molecule has 3 aromatic carbocycles. The summed E-state index contributed by atoms with van der Waals surface area (Å²) in [5, 5.41) is 21.6. The monoisotopic (exact) mass is 578 g/mol. The molecule has 0 spiro atoms. The third kappa shape index (κ3) is 9.22. The number of benzene rings is 3. The molecule has 0 fully saturated rings. The largest absolute Gasteiger partial charge is 0.497 e. The molecule has 0 radical (unpaired) electrons. The fourth-order valence-corrected chi connectivity index (χ4v) is 5.32. The summed E-state index contributed by atoms with van der Waals surface area (Å²) < 4.78 is 36.2. The van der Waals surface area contributed by atoms with Crippen molar-refractivity contribution in [3.8, 4) is 11.5 Å². The van der Waals surface area contributed by atoms with Crippen LogP contribution in [-0.4, -0.2) is 74.2 Å². The predicted molar refractivity (Wildman–Crippen MR) is 151 cm³/mol. The molecular weight excluding hydrogens is 544 g/mol. The van der Waals surface area contributed by atoms with E-state index < -0.39 is 39.7 Å². The van der Waals surface area contributed by atoms with Crippen LogP contribution in [0.4, 0.5) is 0 Å². The van der Waals surface area contributed by atoms with E-state index in [4.69, 9.17) is 15.2 Å². The minimum atomic E-state index is -4.02. The van der Waals surface area contributed by atoms with Gasteiger partial charge in [-0.15, -0.1) is 12.4 Å². The second kappa shape index (κ2) is 14.9. The van der Waals surface area contributed by atoms with E-state index >= 15 is 0 Å². The molecule has 1 amide bonds. The highest BCUT2D eigenvalue weighted by molar-refractivity contribution is 7.91. The van der Waals surface area contributed by atoms with E-state index in [0.29, 0.717) is 23.5 Å². The van der Waals surface area contributed by atoms with Crippen molar-refractivity contribution in [2.45, 2.75) is 36.1 Å². The number of nitrogens with two attached hydrogens (primary N) is 1. The molecule has 3 atom stereocenters. The Morgan fingerprint density at radius 3 is 2.13 bits per heavy atom. The van der Waals surface area contributed by atoms with Gasteiger partial charge in [0.15, 0.2) is 9.84 Å². The maximum Gasteiger partial charge on any atom is 0.252 e. The van der Waals surface area contributed by atoms with Gasteiger partial charge in [-0.05, 0) is 47.9 Å². The molecular formula is C28H35ClN2O7S. The average molecular weight is 579 g/mol. The molecule has 212 valence electrons. The number of sulfone groups is 1. The van der Waals surface area contributed by atoms with Gasteiger partial charge in [-0.25, -0.2) is 8.42 Å². The molecule has 0 aromatic heterocycles. The number of methoxy groups -OCH3 is 2. The Kier molecular flexibility index (Phi) is 12.2. The third-order valence-corrected chi connectivity index (χ3v) is 7.82. The molecule has 0 aliphatic heterocycles. The lowest BCUT2D eigenvalue weighted by molar-refractivity contribution is -0.141. The zero-order valence-corrected chi connectivity index (χ0v) is 23.5. The number of amides is 1. The maximum absolute atomic E-state index is 13.4. The number of nitrogens with zero attached hydrogens (tertiary/aromatic N) is 1. The number of hydrogen-bond donors (Lipinski definition) is 3. The van der Waals surface area contributed by atoms with Gasteiger partial charge in [0.05, 0.1) is 31.0 Å². The summed E-state index contributed by atoms with van der Waals surface area (Å²) in [6, 6.07) is 21.5. The SMILES string of the molecule is COc1cccc(CN(C[C@@H](O)[C@@H](N)Cc2ccccc2)C(=O)C(O)CS(=O)(=O)c2cccc(OC)c2)c1.Cl. The molecule has 4 N–H and O–H groups in total. The summed E-state index contributed by atoms with van der Waals surface area (Å²) in [6.45, 7) is -0.207. The number of aliphatic hydroxyl groups excluding tert-OH is 2. The number of rotatable bonds is 13. The maximum atomic E-state index is 13.4.